The number of rotatable bonds is 4. The van der Waals surface area contributed by atoms with Crippen molar-refractivity contribution in [1.29, 1.82) is 0 Å². The molecule has 2 atom stereocenters. The number of carbonyl (C=O) groups excluding carboxylic acids is 1. The van der Waals surface area contributed by atoms with Crippen LogP contribution in [0, 0.1) is 0 Å². The number of fused-ring (bicyclic) bond motifs is 1. The summed E-state index contributed by atoms with van der Waals surface area (Å²) in [6.45, 7) is 5.26. The van der Waals surface area contributed by atoms with Crippen LogP contribution in [0.4, 0.5) is 28.2 Å². The van der Waals surface area contributed by atoms with Gasteiger partial charge in [-0.25, -0.2) is 23.7 Å². The SMILES string of the molecule is CC(C)(C)OC(=O)N1C[C@H](Nc2cccc(-c3cnc4cc(C5(C(F)(F)F)CC5)cnn34)n2)[C@@H](F)C1. The minimum atomic E-state index is -4.34. The maximum absolute atomic E-state index is 14.7. The van der Waals surface area contributed by atoms with Crippen molar-refractivity contribution in [3.8, 4) is 11.4 Å². The van der Waals surface area contributed by atoms with Crippen LogP contribution in [0.25, 0.3) is 17.0 Å². The molecule has 1 aliphatic carbocycles. The van der Waals surface area contributed by atoms with Crippen LogP contribution in [0.1, 0.15) is 39.2 Å². The molecule has 3 aromatic heterocycles. The normalized spacial score (nSPS) is 21.6. The van der Waals surface area contributed by atoms with Gasteiger partial charge < -0.3 is 15.0 Å². The number of nitrogens with one attached hydrogen (secondary N) is 1. The molecule has 3 aromatic rings. The zero-order chi connectivity index (χ0) is 25.9. The molecule has 2 fully saturated rings. The van der Waals surface area contributed by atoms with Gasteiger partial charge >= 0.3 is 12.3 Å². The Morgan fingerprint density at radius 1 is 1.17 bits per heavy atom. The van der Waals surface area contributed by atoms with Crippen LogP contribution >= 0.6 is 0 Å². The van der Waals surface area contributed by atoms with Crippen molar-refractivity contribution >= 4 is 17.6 Å². The maximum atomic E-state index is 14.7. The van der Waals surface area contributed by atoms with Crippen LogP contribution in [-0.2, 0) is 10.2 Å². The molecule has 0 radical (unpaired) electrons. The topological polar surface area (TPSA) is 84.6 Å². The number of imidazole rings is 1. The van der Waals surface area contributed by atoms with E-state index in [1.165, 1.54) is 27.9 Å². The van der Waals surface area contributed by atoms with Gasteiger partial charge in [-0.2, -0.15) is 18.3 Å². The standard InChI is InChI=1S/C24H26F4N6O2/c1-22(2,3)36-21(35)33-12-15(25)17(13-33)32-19-6-4-5-16(31-19)18-11-29-20-9-14(10-30-34(18)20)23(7-8-23)24(26,27)28/h4-6,9-11,15,17H,7-8,12-13H2,1-3H3,(H,31,32)/t15-,17-/m0/s1. The molecule has 5 rings (SSSR count). The Morgan fingerprint density at radius 3 is 2.58 bits per heavy atom. The molecule has 36 heavy (non-hydrogen) atoms. The van der Waals surface area contributed by atoms with E-state index in [4.69, 9.17) is 4.74 Å². The summed E-state index contributed by atoms with van der Waals surface area (Å²) in [6, 6.07) is 5.82. The van der Waals surface area contributed by atoms with E-state index in [-0.39, 0.29) is 37.1 Å². The fraction of sp³-hybridized carbons (Fsp3) is 0.500. The molecule has 1 N–H and O–H groups in total. The Kier molecular flexibility index (Phi) is 5.60. The third kappa shape index (κ3) is 4.44. The van der Waals surface area contributed by atoms with Gasteiger partial charge in [-0.3, -0.25) is 0 Å². The van der Waals surface area contributed by atoms with Crippen LogP contribution in [0.5, 0.6) is 0 Å². The maximum Gasteiger partial charge on any atom is 0.410 e. The van der Waals surface area contributed by atoms with Crippen molar-refractivity contribution in [2.24, 2.45) is 0 Å². The van der Waals surface area contributed by atoms with Gasteiger partial charge in [-0.1, -0.05) is 6.07 Å². The minimum absolute atomic E-state index is 0.0409. The molecular formula is C24H26F4N6O2. The Labute approximate surface area is 204 Å². The minimum Gasteiger partial charge on any atom is -0.444 e. The average molecular weight is 507 g/mol. The first-order valence-corrected chi connectivity index (χ1v) is 11.6. The molecule has 4 heterocycles. The van der Waals surface area contributed by atoms with Crippen molar-refractivity contribution in [3.63, 3.8) is 0 Å². The Morgan fingerprint density at radius 2 is 1.92 bits per heavy atom. The first-order chi connectivity index (χ1) is 16.9. The first kappa shape index (κ1) is 24.3. The molecule has 1 aliphatic heterocycles. The van der Waals surface area contributed by atoms with Crippen LogP contribution in [0.15, 0.2) is 36.7 Å². The van der Waals surface area contributed by atoms with E-state index < -0.39 is 35.5 Å². The summed E-state index contributed by atoms with van der Waals surface area (Å²) in [6.07, 6.45) is -3.43. The molecule has 1 saturated carbocycles. The lowest BCUT2D eigenvalue weighted by molar-refractivity contribution is -0.160. The molecular weight excluding hydrogens is 480 g/mol. The summed E-state index contributed by atoms with van der Waals surface area (Å²) in [5.41, 5.74) is -1.19. The van der Waals surface area contributed by atoms with E-state index >= 15 is 0 Å². The molecule has 0 aromatic carbocycles. The Hall–Kier alpha value is -3.44. The number of alkyl halides is 4. The number of pyridine rings is 1. The number of aromatic nitrogens is 4. The number of anilines is 1. The molecule has 0 unspecified atom stereocenters. The Balaban J connectivity index is 1.34. The number of ether oxygens (including phenoxy) is 1. The lowest BCUT2D eigenvalue weighted by atomic mass is 9.98. The van der Waals surface area contributed by atoms with Crippen molar-refractivity contribution in [2.75, 3.05) is 18.4 Å². The molecule has 1 saturated heterocycles. The lowest BCUT2D eigenvalue weighted by Crippen LogP contribution is -2.36. The van der Waals surface area contributed by atoms with Crippen LogP contribution < -0.4 is 5.32 Å². The zero-order valence-corrected chi connectivity index (χ0v) is 20.0. The van der Waals surface area contributed by atoms with Crippen LogP contribution in [0.3, 0.4) is 0 Å². The lowest BCUT2D eigenvalue weighted by Gasteiger charge is -2.24. The number of amides is 1. The second kappa shape index (κ2) is 8.31. The number of hydrogen-bond donors (Lipinski definition) is 1. The predicted molar refractivity (Wildman–Crippen MR) is 123 cm³/mol. The largest absolute Gasteiger partial charge is 0.444 e. The summed E-state index contributed by atoms with van der Waals surface area (Å²) >= 11 is 0. The van der Waals surface area contributed by atoms with Crippen molar-refractivity contribution in [3.05, 3.63) is 42.2 Å². The summed E-state index contributed by atoms with van der Waals surface area (Å²) < 4.78 is 61.9. The third-order valence-corrected chi connectivity index (χ3v) is 6.45. The predicted octanol–water partition coefficient (Wildman–Crippen LogP) is 4.75. The Bertz CT molecular complexity index is 1300. The van der Waals surface area contributed by atoms with Gasteiger partial charge in [0.15, 0.2) is 5.65 Å². The number of carbonyl (C=O) groups is 1. The van der Waals surface area contributed by atoms with Gasteiger partial charge in [-0.15, -0.1) is 0 Å². The number of likely N-dealkylation sites (tertiary alicyclic amines) is 1. The molecule has 0 bridgehead atoms. The first-order valence-electron chi connectivity index (χ1n) is 11.6. The number of halogens is 4. The third-order valence-electron chi connectivity index (χ3n) is 6.45. The number of nitrogens with zero attached hydrogens (tertiary/aromatic N) is 5. The van der Waals surface area contributed by atoms with Gasteiger partial charge in [0.05, 0.1) is 36.1 Å². The smallest absolute Gasteiger partial charge is 0.410 e. The molecule has 2 aliphatic rings. The van der Waals surface area contributed by atoms with Gasteiger partial charge in [0.1, 0.15) is 23.3 Å². The van der Waals surface area contributed by atoms with E-state index in [0.29, 0.717) is 17.2 Å². The monoisotopic (exact) mass is 506 g/mol. The molecule has 0 spiro atoms. The van der Waals surface area contributed by atoms with Gasteiger partial charge in [0.25, 0.3) is 0 Å². The van der Waals surface area contributed by atoms with Gasteiger partial charge in [-0.05, 0) is 57.4 Å². The highest BCUT2D eigenvalue weighted by Gasteiger charge is 2.64. The molecule has 12 heteroatoms. The second-order valence-corrected chi connectivity index (χ2v) is 10.3. The van der Waals surface area contributed by atoms with Crippen LogP contribution in [0.2, 0.25) is 0 Å². The summed E-state index contributed by atoms with van der Waals surface area (Å²) in [5.74, 6) is 0.381. The van der Waals surface area contributed by atoms with E-state index in [9.17, 15) is 22.4 Å². The fourth-order valence-electron chi connectivity index (χ4n) is 4.40. The van der Waals surface area contributed by atoms with Gasteiger partial charge in [0.2, 0.25) is 0 Å². The highest BCUT2D eigenvalue weighted by molar-refractivity contribution is 5.69. The number of hydrogen-bond acceptors (Lipinski definition) is 6. The van der Waals surface area contributed by atoms with Crippen molar-refractivity contribution in [2.45, 2.75) is 63.0 Å². The highest BCUT2D eigenvalue weighted by Crippen LogP contribution is 2.58. The fourth-order valence-corrected chi connectivity index (χ4v) is 4.40. The molecule has 8 nitrogen and oxygen atoms in total. The highest BCUT2D eigenvalue weighted by atomic mass is 19.4. The molecule has 192 valence electrons. The van der Waals surface area contributed by atoms with E-state index in [0.717, 1.165) is 0 Å². The van der Waals surface area contributed by atoms with E-state index in [2.05, 4.69) is 20.4 Å². The summed E-state index contributed by atoms with van der Waals surface area (Å²) in [4.78, 5) is 22.4. The summed E-state index contributed by atoms with van der Waals surface area (Å²) in [7, 11) is 0. The van der Waals surface area contributed by atoms with Crippen molar-refractivity contribution in [1.82, 2.24) is 24.5 Å². The quantitative estimate of drug-likeness (QED) is 0.514. The van der Waals surface area contributed by atoms with Gasteiger partial charge in [0, 0.05) is 6.54 Å². The average Bonchev–Trinajstić information content (AvgIpc) is 3.39. The van der Waals surface area contributed by atoms with E-state index in [1.807, 2.05) is 0 Å². The van der Waals surface area contributed by atoms with Crippen molar-refractivity contribution < 1.29 is 27.1 Å². The second-order valence-electron chi connectivity index (χ2n) is 10.3. The van der Waals surface area contributed by atoms with E-state index in [1.54, 1.807) is 39.0 Å². The summed E-state index contributed by atoms with van der Waals surface area (Å²) in [5, 5.41) is 7.25. The molecule has 1 amide bonds. The zero-order valence-electron chi connectivity index (χ0n) is 20.0. The van der Waals surface area contributed by atoms with Crippen LogP contribution in [-0.4, -0.2) is 67.7 Å².